The van der Waals surface area contributed by atoms with Crippen LogP contribution in [0.3, 0.4) is 0 Å². The van der Waals surface area contributed by atoms with Crippen molar-refractivity contribution >= 4 is 17.5 Å². The SMILES string of the molecule is CC(C)(C)c1ccccc1NC(=O)c1cccc(C(=O)NCc2ccccc2)c1. The molecule has 0 saturated heterocycles. The molecule has 0 heterocycles. The van der Waals surface area contributed by atoms with E-state index in [1.54, 1.807) is 24.3 Å². The van der Waals surface area contributed by atoms with Crippen LogP contribution in [0.25, 0.3) is 0 Å². The Morgan fingerprint density at radius 3 is 2.07 bits per heavy atom. The number of para-hydroxylation sites is 1. The second-order valence-electron chi connectivity index (χ2n) is 8.00. The lowest BCUT2D eigenvalue weighted by Crippen LogP contribution is -2.23. The lowest BCUT2D eigenvalue weighted by Gasteiger charge is -2.23. The highest BCUT2D eigenvalue weighted by Gasteiger charge is 2.19. The Morgan fingerprint density at radius 1 is 0.759 bits per heavy atom. The summed E-state index contributed by atoms with van der Waals surface area (Å²) >= 11 is 0. The van der Waals surface area contributed by atoms with Gasteiger partial charge in [0.1, 0.15) is 0 Å². The van der Waals surface area contributed by atoms with Gasteiger partial charge in [-0.05, 0) is 40.8 Å². The summed E-state index contributed by atoms with van der Waals surface area (Å²) in [5.74, 6) is -0.446. The largest absolute Gasteiger partial charge is 0.348 e. The molecule has 0 aliphatic carbocycles. The second kappa shape index (κ2) is 8.74. The number of amides is 2. The highest BCUT2D eigenvalue weighted by Crippen LogP contribution is 2.29. The van der Waals surface area contributed by atoms with Crippen molar-refractivity contribution in [3.63, 3.8) is 0 Å². The number of benzene rings is 3. The molecule has 0 aromatic heterocycles. The molecule has 0 unspecified atom stereocenters. The molecule has 4 nitrogen and oxygen atoms in total. The van der Waals surface area contributed by atoms with Gasteiger partial charge in [0.05, 0.1) is 0 Å². The number of hydrogen-bond donors (Lipinski definition) is 2. The van der Waals surface area contributed by atoms with E-state index in [9.17, 15) is 9.59 Å². The van der Waals surface area contributed by atoms with Gasteiger partial charge >= 0.3 is 0 Å². The molecule has 0 aliphatic heterocycles. The van der Waals surface area contributed by atoms with Crippen molar-refractivity contribution < 1.29 is 9.59 Å². The van der Waals surface area contributed by atoms with Crippen LogP contribution in [0.2, 0.25) is 0 Å². The van der Waals surface area contributed by atoms with E-state index in [4.69, 9.17) is 0 Å². The summed E-state index contributed by atoms with van der Waals surface area (Å²) < 4.78 is 0. The average Bonchev–Trinajstić information content (AvgIpc) is 2.72. The Kier molecular flexibility index (Phi) is 6.13. The summed E-state index contributed by atoms with van der Waals surface area (Å²) in [5.41, 5.74) is 3.67. The van der Waals surface area contributed by atoms with Crippen LogP contribution in [0.1, 0.15) is 52.6 Å². The van der Waals surface area contributed by atoms with Crippen LogP contribution in [-0.2, 0) is 12.0 Å². The van der Waals surface area contributed by atoms with Crippen LogP contribution in [-0.4, -0.2) is 11.8 Å². The number of carbonyl (C=O) groups is 2. The zero-order chi connectivity index (χ0) is 20.9. The minimum absolute atomic E-state index is 0.0942. The fourth-order valence-corrected chi connectivity index (χ4v) is 3.12. The van der Waals surface area contributed by atoms with Gasteiger partial charge in [0.15, 0.2) is 0 Å². The fourth-order valence-electron chi connectivity index (χ4n) is 3.12. The lowest BCUT2D eigenvalue weighted by molar-refractivity contribution is 0.0951. The molecule has 0 radical (unpaired) electrons. The Labute approximate surface area is 172 Å². The molecule has 3 aromatic carbocycles. The van der Waals surface area contributed by atoms with Crippen LogP contribution in [0.4, 0.5) is 5.69 Å². The van der Waals surface area contributed by atoms with E-state index < -0.39 is 0 Å². The number of carbonyl (C=O) groups excluding carboxylic acids is 2. The average molecular weight is 386 g/mol. The minimum atomic E-state index is -0.237. The minimum Gasteiger partial charge on any atom is -0.348 e. The molecule has 4 heteroatoms. The predicted octanol–water partition coefficient (Wildman–Crippen LogP) is 5.17. The molecule has 0 bridgehead atoms. The van der Waals surface area contributed by atoms with E-state index in [0.29, 0.717) is 17.7 Å². The molecular formula is C25H26N2O2. The summed E-state index contributed by atoms with van der Waals surface area (Å²) in [5, 5.41) is 5.88. The van der Waals surface area contributed by atoms with E-state index >= 15 is 0 Å². The topological polar surface area (TPSA) is 58.2 Å². The third-order valence-corrected chi connectivity index (χ3v) is 4.67. The molecule has 148 valence electrons. The highest BCUT2D eigenvalue weighted by molar-refractivity contribution is 6.06. The summed E-state index contributed by atoms with van der Waals surface area (Å²) in [6, 6.07) is 24.3. The zero-order valence-corrected chi connectivity index (χ0v) is 17.0. The number of hydrogen-bond acceptors (Lipinski definition) is 2. The van der Waals surface area contributed by atoms with Crippen molar-refractivity contribution in [2.75, 3.05) is 5.32 Å². The first kappa shape index (κ1) is 20.3. The summed E-state index contributed by atoms with van der Waals surface area (Å²) in [7, 11) is 0. The number of nitrogens with one attached hydrogen (secondary N) is 2. The van der Waals surface area contributed by atoms with Gasteiger partial charge in [0, 0.05) is 23.4 Å². The smallest absolute Gasteiger partial charge is 0.255 e. The maximum Gasteiger partial charge on any atom is 0.255 e. The summed E-state index contributed by atoms with van der Waals surface area (Å²) in [6.07, 6.45) is 0. The van der Waals surface area contributed by atoms with Gasteiger partial charge in [-0.2, -0.15) is 0 Å². The van der Waals surface area contributed by atoms with E-state index in [1.165, 1.54) is 0 Å². The molecular weight excluding hydrogens is 360 g/mol. The molecule has 2 amide bonds. The Morgan fingerprint density at radius 2 is 1.38 bits per heavy atom. The van der Waals surface area contributed by atoms with Gasteiger partial charge in [-0.3, -0.25) is 9.59 Å². The molecule has 3 rings (SSSR count). The van der Waals surface area contributed by atoms with Crippen LogP contribution in [0.5, 0.6) is 0 Å². The summed E-state index contributed by atoms with van der Waals surface area (Å²) in [4.78, 5) is 25.3. The fraction of sp³-hybridized carbons (Fsp3) is 0.200. The van der Waals surface area contributed by atoms with Crippen molar-refractivity contribution in [2.45, 2.75) is 32.7 Å². The number of rotatable bonds is 5. The first-order valence-corrected chi connectivity index (χ1v) is 9.67. The van der Waals surface area contributed by atoms with Crippen LogP contribution in [0.15, 0.2) is 78.9 Å². The molecule has 0 atom stereocenters. The monoisotopic (exact) mass is 386 g/mol. The first-order chi connectivity index (χ1) is 13.8. The molecule has 0 saturated carbocycles. The van der Waals surface area contributed by atoms with Crippen molar-refractivity contribution in [2.24, 2.45) is 0 Å². The van der Waals surface area contributed by atoms with Gasteiger partial charge in [-0.1, -0.05) is 75.4 Å². The maximum atomic E-state index is 12.8. The van der Waals surface area contributed by atoms with Gasteiger partial charge < -0.3 is 10.6 Å². The van der Waals surface area contributed by atoms with Gasteiger partial charge in [-0.25, -0.2) is 0 Å². The second-order valence-corrected chi connectivity index (χ2v) is 8.00. The Hall–Kier alpha value is -3.40. The van der Waals surface area contributed by atoms with Gasteiger partial charge in [0.2, 0.25) is 0 Å². The molecule has 0 spiro atoms. The lowest BCUT2D eigenvalue weighted by atomic mass is 9.86. The molecule has 2 N–H and O–H groups in total. The predicted molar refractivity (Wildman–Crippen MR) is 117 cm³/mol. The Balaban J connectivity index is 1.72. The van der Waals surface area contributed by atoms with Crippen LogP contribution < -0.4 is 10.6 Å². The van der Waals surface area contributed by atoms with Crippen molar-refractivity contribution in [1.82, 2.24) is 5.32 Å². The van der Waals surface area contributed by atoms with Crippen molar-refractivity contribution in [1.29, 1.82) is 0 Å². The van der Waals surface area contributed by atoms with Crippen LogP contribution >= 0.6 is 0 Å². The molecule has 0 fully saturated rings. The first-order valence-electron chi connectivity index (χ1n) is 9.67. The standard InChI is InChI=1S/C25H26N2O2/c1-25(2,3)21-14-7-8-15-22(21)27-24(29)20-13-9-12-19(16-20)23(28)26-17-18-10-5-4-6-11-18/h4-16H,17H2,1-3H3,(H,26,28)(H,27,29). The summed E-state index contributed by atoms with van der Waals surface area (Å²) in [6.45, 7) is 6.76. The van der Waals surface area contributed by atoms with E-state index in [2.05, 4.69) is 31.4 Å². The van der Waals surface area contributed by atoms with Crippen LogP contribution in [0, 0.1) is 0 Å². The molecule has 0 aliphatic rings. The molecule has 29 heavy (non-hydrogen) atoms. The van der Waals surface area contributed by atoms with Gasteiger partial charge in [-0.15, -0.1) is 0 Å². The third-order valence-electron chi connectivity index (χ3n) is 4.67. The number of anilines is 1. The van der Waals surface area contributed by atoms with E-state index in [-0.39, 0.29) is 17.2 Å². The molecule has 3 aromatic rings. The third kappa shape index (κ3) is 5.32. The quantitative estimate of drug-likeness (QED) is 0.636. The normalized spacial score (nSPS) is 11.0. The van der Waals surface area contributed by atoms with Crippen molar-refractivity contribution in [3.05, 3.63) is 101 Å². The van der Waals surface area contributed by atoms with E-state index in [1.807, 2.05) is 54.6 Å². The maximum absolute atomic E-state index is 12.8. The van der Waals surface area contributed by atoms with Gasteiger partial charge in [0.25, 0.3) is 11.8 Å². The van der Waals surface area contributed by atoms with E-state index in [0.717, 1.165) is 16.8 Å². The van der Waals surface area contributed by atoms with Crippen molar-refractivity contribution in [3.8, 4) is 0 Å². The zero-order valence-electron chi connectivity index (χ0n) is 17.0. The highest BCUT2D eigenvalue weighted by atomic mass is 16.2. The Bertz CT molecular complexity index is 1000.